The Morgan fingerprint density at radius 3 is 1.76 bits per heavy atom. The standard InChI is InChI=1S/C67H62N2O2/c1-11-12-17-48-42(8)70-65-51(48)19-15-21-57(65)69(47-30-26-44(27-31-47)40(4)5)60-38-54(41(6)7)50-32-33-53-59(36-45-34-35-67(9,10)56-37-55(60)63(50)64(53)62(45)56)68(46-28-24-43(25-29-46)39(2)3)58-22-16-20-52-49-18-13-14-23-61(49)71-66(52)58/h11-33,36-41H,1,34-35H2,2-10H3/b17-12-. The van der Waals surface area contributed by atoms with Crippen LogP contribution in [-0.2, 0) is 11.8 Å². The maximum Gasteiger partial charge on any atom is 0.159 e. The Labute approximate surface area is 417 Å². The summed E-state index contributed by atoms with van der Waals surface area (Å²) in [5, 5.41) is 11.1. The zero-order chi connectivity index (χ0) is 49.0. The van der Waals surface area contributed by atoms with E-state index in [9.17, 15) is 0 Å². The van der Waals surface area contributed by atoms with E-state index in [1.165, 1.54) is 60.1 Å². The molecule has 0 unspecified atom stereocenters. The summed E-state index contributed by atoms with van der Waals surface area (Å²) in [5.41, 5.74) is 16.9. The molecule has 2 aromatic heterocycles. The molecule has 0 saturated carbocycles. The first-order valence-electron chi connectivity index (χ1n) is 25.7. The van der Waals surface area contributed by atoms with Gasteiger partial charge in [-0.25, -0.2) is 0 Å². The summed E-state index contributed by atoms with van der Waals surface area (Å²) in [6.45, 7) is 24.7. The lowest BCUT2D eigenvalue weighted by atomic mass is 9.70. The van der Waals surface area contributed by atoms with Crippen molar-refractivity contribution in [2.24, 2.45) is 0 Å². The van der Waals surface area contributed by atoms with Gasteiger partial charge in [0.1, 0.15) is 11.3 Å². The molecule has 352 valence electrons. The summed E-state index contributed by atoms with van der Waals surface area (Å²) in [7, 11) is 0. The Bertz CT molecular complexity index is 3910. The molecule has 4 nitrogen and oxygen atoms in total. The van der Waals surface area contributed by atoms with Crippen molar-refractivity contribution >= 4 is 105 Å². The van der Waals surface area contributed by atoms with Crippen molar-refractivity contribution in [3.63, 3.8) is 0 Å². The van der Waals surface area contributed by atoms with Crippen LogP contribution in [0.3, 0.4) is 0 Å². The number of para-hydroxylation sites is 3. The van der Waals surface area contributed by atoms with Crippen LogP contribution in [0.5, 0.6) is 0 Å². The van der Waals surface area contributed by atoms with Crippen LogP contribution in [0.2, 0.25) is 0 Å². The first kappa shape index (κ1) is 44.6. The van der Waals surface area contributed by atoms with E-state index >= 15 is 0 Å². The Morgan fingerprint density at radius 2 is 1.13 bits per heavy atom. The largest absolute Gasteiger partial charge is 0.459 e. The fourth-order valence-corrected chi connectivity index (χ4v) is 11.9. The molecular formula is C67H62N2O2. The molecule has 0 aliphatic heterocycles. The van der Waals surface area contributed by atoms with Crippen LogP contribution in [0.15, 0.2) is 167 Å². The molecule has 0 spiro atoms. The molecule has 0 saturated heterocycles. The number of furan rings is 2. The number of aryl methyl sites for hydroxylation is 2. The van der Waals surface area contributed by atoms with E-state index in [4.69, 9.17) is 8.83 Å². The van der Waals surface area contributed by atoms with Gasteiger partial charge >= 0.3 is 0 Å². The molecule has 1 aliphatic rings. The maximum atomic E-state index is 6.89. The lowest BCUT2D eigenvalue weighted by Gasteiger charge is -2.37. The third kappa shape index (κ3) is 7.01. The third-order valence-electron chi connectivity index (χ3n) is 15.7. The van der Waals surface area contributed by atoms with Crippen molar-refractivity contribution in [2.75, 3.05) is 9.80 Å². The SMILES string of the molecule is C=C/C=C\c1c(C)oc2c(N(c3ccc(C(C)C)cc3)c3cc(C(C)C)c4ccc5c(N(c6ccc(C(C)C)cc6)c6cccc7c6oc6ccccc67)cc6c7c(cc3c4c57)C(C)(C)CC6)cccc12. The second kappa shape index (κ2) is 16.8. The number of anilines is 6. The molecule has 2 heterocycles. The molecule has 0 amide bonds. The van der Waals surface area contributed by atoms with Crippen molar-refractivity contribution in [1.29, 1.82) is 0 Å². The summed E-state index contributed by atoms with van der Waals surface area (Å²) in [5.74, 6) is 1.94. The van der Waals surface area contributed by atoms with Crippen molar-refractivity contribution in [1.82, 2.24) is 0 Å². The van der Waals surface area contributed by atoms with E-state index < -0.39 is 0 Å². The molecule has 9 aromatic carbocycles. The summed E-state index contributed by atoms with van der Waals surface area (Å²) in [6, 6.07) is 52.5. The lowest BCUT2D eigenvalue weighted by molar-refractivity contribution is 0.475. The molecule has 12 rings (SSSR count). The van der Waals surface area contributed by atoms with Gasteiger partial charge in [-0.3, -0.25) is 0 Å². The van der Waals surface area contributed by atoms with Crippen LogP contribution >= 0.6 is 0 Å². The third-order valence-corrected chi connectivity index (χ3v) is 15.7. The number of benzene rings is 9. The van der Waals surface area contributed by atoms with E-state index in [-0.39, 0.29) is 11.3 Å². The summed E-state index contributed by atoms with van der Waals surface area (Å²) < 4.78 is 13.8. The van der Waals surface area contributed by atoms with E-state index in [1.807, 2.05) is 12.2 Å². The van der Waals surface area contributed by atoms with Crippen molar-refractivity contribution in [2.45, 2.75) is 98.3 Å². The summed E-state index contributed by atoms with van der Waals surface area (Å²) >= 11 is 0. The topological polar surface area (TPSA) is 32.8 Å². The molecule has 0 fully saturated rings. The highest BCUT2D eigenvalue weighted by atomic mass is 16.3. The molecule has 71 heavy (non-hydrogen) atoms. The minimum Gasteiger partial charge on any atom is -0.459 e. The quantitative estimate of drug-likeness (QED) is 0.0956. The molecule has 0 bridgehead atoms. The van der Waals surface area contributed by atoms with Gasteiger partial charge in [0.25, 0.3) is 0 Å². The van der Waals surface area contributed by atoms with Gasteiger partial charge in [0.15, 0.2) is 11.2 Å². The van der Waals surface area contributed by atoms with Crippen LogP contribution in [-0.4, -0.2) is 0 Å². The number of fused-ring (bicyclic) bond motifs is 4. The second-order valence-corrected chi connectivity index (χ2v) is 21.6. The highest BCUT2D eigenvalue weighted by Crippen LogP contribution is 2.56. The van der Waals surface area contributed by atoms with Crippen LogP contribution in [0.1, 0.15) is 119 Å². The Balaban J connectivity index is 1.22. The number of nitrogens with zero attached hydrogens (tertiary/aromatic N) is 2. The summed E-state index contributed by atoms with van der Waals surface area (Å²) in [6.07, 6.45) is 7.96. The fraction of sp³-hybridized carbons (Fsp3) is 0.224. The molecule has 4 heteroatoms. The van der Waals surface area contributed by atoms with Crippen LogP contribution in [0.25, 0.3) is 71.3 Å². The monoisotopic (exact) mass is 926 g/mol. The van der Waals surface area contributed by atoms with E-state index in [1.54, 1.807) is 0 Å². The van der Waals surface area contributed by atoms with Crippen LogP contribution < -0.4 is 9.80 Å². The Kier molecular flexibility index (Phi) is 10.6. The maximum absolute atomic E-state index is 6.89. The van der Waals surface area contributed by atoms with Gasteiger partial charge in [0, 0.05) is 49.3 Å². The van der Waals surface area contributed by atoms with Gasteiger partial charge in [-0.15, -0.1) is 0 Å². The van der Waals surface area contributed by atoms with Crippen molar-refractivity contribution in [3.8, 4) is 0 Å². The Morgan fingerprint density at radius 1 is 0.535 bits per heavy atom. The van der Waals surface area contributed by atoms with Gasteiger partial charge in [-0.05, 0) is 148 Å². The smallest absolute Gasteiger partial charge is 0.159 e. The van der Waals surface area contributed by atoms with Crippen molar-refractivity contribution in [3.05, 3.63) is 197 Å². The van der Waals surface area contributed by atoms with Gasteiger partial charge in [0.2, 0.25) is 0 Å². The second-order valence-electron chi connectivity index (χ2n) is 21.6. The first-order valence-corrected chi connectivity index (χ1v) is 25.7. The van der Waals surface area contributed by atoms with Crippen LogP contribution in [0, 0.1) is 6.92 Å². The van der Waals surface area contributed by atoms with Gasteiger partial charge in [0.05, 0.1) is 22.7 Å². The molecule has 0 radical (unpaired) electrons. The predicted octanol–water partition coefficient (Wildman–Crippen LogP) is 20.3. The highest BCUT2D eigenvalue weighted by Gasteiger charge is 2.35. The lowest BCUT2D eigenvalue weighted by Crippen LogP contribution is -2.24. The zero-order valence-corrected chi connectivity index (χ0v) is 42.6. The Hall–Kier alpha value is -7.56. The first-order chi connectivity index (χ1) is 34.3. The summed E-state index contributed by atoms with van der Waals surface area (Å²) in [4.78, 5) is 4.98. The van der Waals surface area contributed by atoms with Gasteiger partial charge < -0.3 is 18.6 Å². The van der Waals surface area contributed by atoms with E-state index in [2.05, 4.69) is 224 Å². The normalized spacial score (nSPS) is 13.8. The fourth-order valence-electron chi connectivity index (χ4n) is 11.9. The van der Waals surface area contributed by atoms with Gasteiger partial charge in [-0.2, -0.15) is 0 Å². The van der Waals surface area contributed by atoms with E-state index in [0.717, 1.165) is 91.2 Å². The molecular weight excluding hydrogens is 865 g/mol. The number of hydrogen-bond donors (Lipinski definition) is 0. The van der Waals surface area contributed by atoms with E-state index in [0.29, 0.717) is 11.8 Å². The van der Waals surface area contributed by atoms with Crippen molar-refractivity contribution < 1.29 is 8.83 Å². The average molecular weight is 927 g/mol. The number of rotatable bonds is 11. The average Bonchev–Trinajstić information content (AvgIpc) is 3.92. The van der Waals surface area contributed by atoms with Crippen LogP contribution in [0.4, 0.5) is 34.1 Å². The van der Waals surface area contributed by atoms with Gasteiger partial charge in [-0.1, -0.05) is 159 Å². The number of allylic oxidation sites excluding steroid dienone is 2. The molecule has 0 N–H and O–H groups in total. The molecule has 1 aliphatic carbocycles. The minimum absolute atomic E-state index is 0.0736. The number of hydrogen-bond acceptors (Lipinski definition) is 4. The highest BCUT2D eigenvalue weighted by molar-refractivity contribution is 6.31. The molecule has 11 aromatic rings. The minimum atomic E-state index is -0.0736. The predicted molar refractivity (Wildman–Crippen MR) is 304 cm³/mol. The molecule has 0 atom stereocenters. The zero-order valence-electron chi connectivity index (χ0n) is 42.6.